The van der Waals surface area contributed by atoms with Crippen LogP contribution in [0.1, 0.15) is 46.1 Å². The molecular formula is C31H33ClO4S. The summed E-state index contributed by atoms with van der Waals surface area (Å²) in [6.45, 7) is 1.72. The van der Waals surface area contributed by atoms with Crippen molar-refractivity contribution in [2.75, 3.05) is 13.2 Å². The van der Waals surface area contributed by atoms with Crippen LogP contribution in [0.15, 0.2) is 78.9 Å². The molecule has 1 aliphatic heterocycles. The van der Waals surface area contributed by atoms with E-state index in [0.29, 0.717) is 32.1 Å². The summed E-state index contributed by atoms with van der Waals surface area (Å²) in [6.07, 6.45) is 1.98. The first-order chi connectivity index (χ1) is 18.2. The fraction of sp³-hybridized carbons (Fsp3) is 0.355. The highest BCUT2D eigenvalue weighted by atomic mass is 35.5. The minimum atomic E-state index is -0.123. The van der Waals surface area contributed by atoms with Crippen LogP contribution in [0.2, 0.25) is 0 Å². The van der Waals surface area contributed by atoms with Crippen LogP contribution in [-0.2, 0) is 39.7 Å². The number of ether oxygens (including phenoxy) is 3. The molecule has 194 valence electrons. The molecule has 3 aromatic carbocycles. The summed E-state index contributed by atoms with van der Waals surface area (Å²) in [7, 11) is 0. The number of aliphatic hydroxyl groups excluding tert-OH is 1. The number of halogens is 1. The minimum Gasteiger partial charge on any atom is -0.396 e. The highest BCUT2D eigenvalue weighted by Crippen LogP contribution is 2.43. The van der Waals surface area contributed by atoms with Gasteiger partial charge in [0, 0.05) is 34.9 Å². The van der Waals surface area contributed by atoms with Gasteiger partial charge in [0.05, 0.1) is 38.1 Å². The first-order valence-corrected chi connectivity index (χ1v) is 14.2. The molecule has 5 rings (SSSR count). The zero-order valence-corrected chi connectivity index (χ0v) is 22.4. The van der Waals surface area contributed by atoms with Crippen molar-refractivity contribution in [2.45, 2.75) is 56.7 Å². The van der Waals surface area contributed by atoms with Crippen molar-refractivity contribution >= 4 is 33.0 Å². The molecule has 0 bridgehead atoms. The molecule has 37 heavy (non-hydrogen) atoms. The quantitative estimate of drug-likeness (QED) is 0.206. The molecule has 2 heterocycles. The van der Waals surface area contributed by atoms with E-state index in [-0.39, 0.29) is 24.9 Å². The number of hydrogen-bond acceptors (Lipinski definition) is 5. The standard InChI is InChI=1S/C31H33ClO4S/c32-18-24-12-7-13-27-28(14-15-33)31(37-30(24)27)29-17-25(35-20-23-10-5-2-6-11-23)16-26(36-29)21-34-19-22-8-3-1-4-9-22/h1-13,25-26,29,33H,14-21H2. The molecule has 1 fully saturated rings. The van der Waals surface area contributed by atoms with Gasteiger partial charge in [0.15, 0.2) is 0 Å². The Labute approximate surface area is 227 Å². The molecule has 1 aromatic heterocycles. The number of hydrogen-bond donors (Lipinski definition) is 1. The van der Waals surface area contributed by atoms with Crippen LogP contribution in [0.5, 0.6) is 0 Å². The van der Waals surface area contributed by atoms with E-state index in [9.17, 15) is 5.11 Å². The van der Waals surface area contributed by atoms with E-state index in [1.54, 1.807) is 11.3 Å². The summed E-state index contributed by atoms with van der Waals surface area (Å²) in [6, 6.07) is 26.7. The second kappa shape index (κ2) is 13.0. The van der Waals surface area contributed by atoms with Crippen molar-refractivity contribution in [3.63, 3.8) is 0 Å². The molecule has 0 spiro atoms. The average molecular weight is 537 g/mol. The molecule has 0 aliphatic carbocycles. The van der Waals surface area contributed by atoms with Crippen LogP contribution >= 0.6 is 22.9 Å². The molecule has 0 radical (unpaired) electrons. The smallest absolute Gasteiger partial charge is 0.0949 e. The van der Waals surface area contributed by atoms with Gasteiger partial charge in [-0.15, -0.1) is 22.9 Å². The Hall–Kier alpha value is -2.25. The molecule has 0 amide bonds. The lowest BCUT2D eigenvalue weighted by Crippen LogP contribution is -2.35. The van der Waals surface area contributed by atoms with Gasteiger partial charge in [0.2, 0.25) is 0 Å². The predicted molar refractivity (Wildman–Crippen MR) is 150 cm³/mol. The lowest BCUT2D eigenvalue weighted by molar-refractivity contribution is -0.141. The third-order valence-corrected chi connectivity index (χ3v) is 8.54. The second-order valence-electron chi connectivity index (χ2n) is 9.48. The van der Waals surface area contributed by atoms with Gasteiger partial charge in [0.1, 0.15) is 0 Å². The predicted octanol–water partition coefficient (Wildman–Crippen LogP) is 7.20. The van der Waals surface area contributed by atoms with Crippen LogP contribution in [0.25, 0.3) is 10.1 Å². The summed E-state index contributed by atoms with van der Waals surface area (Å²) < 4.78 is 20.4. The van der Waals surface area contributed by atoms with Gasteiger partial charge in [-0.05, 0) is 34.1 Å². The second-order valence-corrected chi connectivity index (χ2v) is 10.8. The normalized spacial score (nSPS) is 19.9. The number of rotatable bonds is 11. The van der Waals surface area contributed by atoms with Gasteiger partial charge in [-0.25, -0.2) is 0 Å². The zero-order valence-electron chi connectivity index (χ0n) is 20.9. The summed E-state index contributed by atoms with van der Waals surface area (Å²) in [5.41, 5.74) is 4.59. The fourth-order valence-electron chi connectivity index (χ4n) is 5.04. The van der Waals surface area contributed by atoms with Crippen molar-refractivity contribution < 1.29 is 19.3 Å². The molecule has 4 aromatic rings. The highest BCUT2D eigenvalue weighted by molar-refractivity contribution is 7.19. The maximum absolute atomic E-state index is 9.88. The lowest BCUT2D eigenvalue weighted by Gasteiger charge is -2.35. The van der Waals surface area contributed by atoms with E-state index in [1.165, 1.54) is 15.0 Å². The monoisotopic (exact) mass is 536 g/mol. The summed E-state index contributed by atoms with van der Waals surface area (Å²) in [5.74, 6) is 0.458. The SMILES string of the molecule is OCCc1c(C2CC(OCc3ccccc3)CC(COCc3ccccc3)O2)sc2c(CCl)cccc12. The lowest BCUT2D eigenvalue weighted by atomic mass is 9.96. The number of fused-ring (bicyclic) bond motifs is 1. The van der Waals surface area contributed by atoms with Crippen LogP contribution < -0.4 is 0 Å². The van der Waals surface area contributed by atoms with Crippen LogP contribution in [0.3, 0.4) is 0 Å². The number of alkyl halides is 1. The van der Waals surface area contributed by atoms with Gasteiger partial charge >= 0.3 is 0 Å². The first-order valence-electron chi connectivity index (χ1n) is 12.9. The van der Waals surface area contributed by atoms with Crippen LogP contribution in [-0.4, -0.2) is 30.5 Å². The van der Waals surface area contributed by atoms with Crippen LogP contribution in [0, 0.1) is 0 Å². The Balaban J connectivity index is 1.37. The largest absolute Gasteiger partial charge is 0.396 e. The highest BCUT2D eigenvalue weighted by Gasteiger charge is 2.34. The molecule has 3 unspecified atom stereocenters. The summed E-state index contributed by atoms with van der Waals surface area (Å²) in [4.78, 5) is 1.17. The Bertz CT molecular complexity index is 1260. The Morgan fingerprint density at radius 3 is 2.32 bits per heavy atom. The molecule has 4 nitrogen and oxygen atoms in total. The molecular weight excluding hydrogens is 504 g/mol. The first kappa shape index (κ1) is 26.4. The van der Waals surface area contributed by atoms with Gasteiger partial charge < -0.3 is 19.3 Å². The van der Waals surface area contributed by atoms with Gasteiger partial charge in [0.25, 0.3) is 0 Å². The van der Waals surface area contributed by atoms with Gasteiger partial charge in [-0.2, -0.15) is 0 Å². The number of aliphatic hydroxyl groups is 1. The maximum atomic E-state index is 9.88. The number of benzene rings is 3. The van der Waals surface area contributed by atoms with Crippen LogP contribution in [0.4, 0.5) is 0 Å². The third-order valence-electron chi connectivity index (χ3n) is 6.83. The van der Waals surface area contributed by atoms with Crippen molar-refractivity contribution in [3.05, 3.63) is 106 Å². The van der Waals surface area contributed by atoms with Crippen molar-refractivity contribution in [3.8, 4) is 0 Å². The molecule has 0 saturated carbocycles. The molecule has 3 atom stereocenters. The molecule has 1 saturated heterocycles. The molecule has 6 heteroatoms. The van der Waals surface area contributed by atoms with Crippen molar-refractivity contribution in [1.82, 2.24) is 0 Å². The zero-order chi connectivity index (χ0) is 25.5. The summed E-state index contributed by atoms with van der Waals surface area (Å²) >= 11 is 8.02. The Morgan fingerprint density at radius 2 is 1.62 bits per heavy atom. The Morgan fingerprint density at radius 1 is 0.892 bits per heavy atom. The third kappa shape index (κ3) is 6.61. The van der Waals surface area contributed by atoms with Crippen molar-refractivity contribution in [2.24, 2.45) is 0 Å². The minimum absolute atomic E-state index is 0.0453. The van der Waals surface area contributed by atoms with E-state index < -0.39 is 0 Å². The molecule has 1 aliphatic rings. The van der Waals surface area contributed by atoms with Gasteiger partial charge in [-0.3, -0.25) is 0 Å². The van der Waals surface area contributed by atoms with Crippen molar-refractivity contribution in [1.29, 1.82) is 0 Å². The Kier molecular flexibility index (Phi) is 9.27. The van der Waals surface area contributed by atoms with E-state index in [1.807, 2.05) is 42.5 Å². The average Bonchev–Trinajstić information content (AvgIpc) is 3.32. The van der Waals surface area contributed by atoms with E-state index >= 15 is 0 Å². The van der Waals surface area contributed by atoms with E-state index in [2.05, 4.69) is 36.4 Å². The topological polar surface area (TPSA) is 47.9 Å². The van der Waals surface area contributed by atoms with E-state index in [0.717, 1.165) is 35.1 Å². The molecule has 1 N–H and O–H groups in total. The van der Waals surface area contributed by atoms with Gasteiger partial charge in [-0.1, -0.05) is 78.9 Å². The maximum Gasteiger partial charge on any atom is 0.0949 e. The fourth-order valence-corrected chi connectivity index (χ4v) is 6.75. The number of thiophene rings is 1. The summed E-state index contributed by atoms with van der Waals surface area (Å²) in [5, 5.41) is 11.0. The van der Waals surface area contributed by atoms with E-state index in [4.69, 9.17) is 25.8 Å².